The van der Waals surface area contributed by atoms with Gasteiger partial charge in [-0.3, -0.25) is 0 Å². The normalized spacial score (nSPS) is 17.9. The van der Waals surface area contributed by atoms with Crippen LogP contribution in [0.3, 0.4) is 0 Å². The summed E-state index contributed by atoms with van der Waals surface area (Å²) in [6.07, 6.45) is 4.68. The Morgan fingerprint density at radius 1 is 1.14 bits per heavy atom. The average Bonchev–Trinajstić information content (AvgIpc) is 2.45. The first-order chi connectivity index (χ1) is 10.2. The lowest BCUT2D eigenvalue weighted by Crippen LogP contribution is -2.38. The molecule has 0 heterocycles. The predicted molar refractivity (Wildman–Crippen MR) is 95.0 cm³/mol. The van der Waals surface area contributed by atoms with E-state index in [1.807, 2.05) is 0 Å². The summed E-state index contributed by atoms with van der Waals surface area (Å²) in [4.78, 5) is 0.266. The Labute approximate surface area is 151 Å². The molecular weight excluding hydrogens is 385 g/mol. The van der Waals surface area contributed by atoms with Crippen LogP contribution in [0.5, 0.6) is 0 Å². The van der Waals surface area contributed by atoms with Gasteiger partial charge in [-0.2, -0.15) is 0 Å². The highest BCUT2D eigenvalue weighted by Crippen LogP contribution is 2.46. The van der Waals surface area contributed by atoms with Crippen molar-refractivity contribution in [2.45, 2.75) is 53.1 Å². The molecule has 0 amide bonds. The largest absolute Gasteiger partial charge is 0.252 e. The highest BCUT2D eigenvalue weighted by molar-refractivity contribution is 8.11. The number of hydrogen-bond donors (Lipinski definition) is 0. The molecule has 1 aliphatic carbocycles. The van der Waals surface area contributed by atoms with Crippen molar-refractivity contribution in [1.29, 1.82) is 0 Å². The molecule has 3 nitrogen and oxygen atoms in total. The van der Waals surface area contributed by atoms with Gasteiger partial charge in [0.2, 0.25) is 0 Å². The quantitative estimate of drug-likeness (QED) is 0.507. The van der Waals surface area contributed by atoms with Gasteiger partial charge in [-0.1, -0.05) is 72.3 Å². The van der Waals surface area contributed by atoms with Gasteiger partial charge in [-0.05, 0) is 43.3 Å². The van der Waals surface area contributed by atoms with E-state index in [1.54, 1.807) is 31.2 Å². The van der Waals surface area contributed by atoms with Crippen LogP contribution in [0.4, 0.5) is 0 Å². The van der Waals surface area contributed by atoms with Crippen molar-refractivity contribution in [3.63, 3.8) is 0 Å². The van der Waals surface area contributed by atoms with Crippen molar-refractivity contribution in [2.75, 3.05) is 0 Å². The number of aryl methyl sites for hydroxylation is 1. The highest BCUT2D eigenvalue weighted by atomic mass is 35.6. The first kappa shape index (κ1) is 18.7. The molecule has 0 aromatic heterocycles. The fraction of sp³-hybridized carbons (Fsp3) is 0.571. The van der Waals surface area contributed by atoms with Gasteiger partial charge in [0.15, 0.2) is 0 Å². The minimum Gasteiger partial charge on any atom is -0.206 e. The van der Waals surface area contributed by atoms with Gasteiger partial charge in [0.1, 0.15) is 0 Å². The first-order valence-electron chi connectivity index (χ1n) is 7.08. The molecule has 0 aliphatic heterocycles. The Morgan fingerprint density at radius 3 is 2.27 bits per heavy atom. The maximum Gasteiger partial charge on any atom is 0.252 e. The number of sulfonamides is 1. The third-order valence-corrected chi connectivity index (χ3v) is 7.58. The van der Waals surface area contributed by atoms with Crippen LogP contribution in [-0.4, -0.2) is 21.3 Å². The second-order valence-electron chi connectivity index (χ2n) is 5.35. The third kappa shape index (κ3) is 4.68. The molecule has 0 unspecified atom stereocenters. The smallest absolute Gasteiger partial charge is 0.206 e. The maximum atomic E-state index is 13.1. The van der Waals surface area contributed by atoms with E-state index < -0.39 is 13.1 Å². The van der Waals surface area contributed by atoms with Crippen molar-refractivity contribution in [3.05, 3.63) is 29.8 Å². The molecule has 0 bridgehead atoms. The molecule has 1 aromatic carbocycles. The molecule has 0 saturated heterocycles. The zero-order chi connectivity index (χ0) is 16.4. The molecule has 0 atom stereocenters. The fourth-order valence-corrected chi connectivity index (χ4v) is 6.75. The van der Waals surface area contributed by atoms with Crippen LogP contribution in [0.15, 0.2) is 29.2 Å². The van der Waals surface area contributed by atoms with Gasteiger partial charge in [-0.25, -0.2) is 8.42 Å². The van der Waals surface area contributed by atoms with E-state index in [4.69, 9.17) is 34.8 Å². The third-order valence-electron chi connectivity index (χ3n) is 3.67. The van der Waals surface area contributed by atoms with Gasteiger partial charge in [0.05, 0.1) is 4.90 Å². The van der Waals surface area contributed by atoms with Crippen LogP contribution in [0, 0.1) is 6.92 Å². The summed E-state index contributed by atoms with van der Waals surface area (Å²) >= 11 is 18.4. The van der Waals surface area contributed by atoms with Gasteiger partial charge in [-0.15, -0.1) is 3.71 Å². The molecule has 0 N–H and O–H groups in total. The summed E-state index contributed by atoms with van der Waals surface area (Å²) in [5, 5.41) is 0. The van der Waals surface area contributed by atoms with Gasteiger partial charge in [0.25, 0.3) is 13.1 Å². The zero-order valence-electron chi connectivity index (χ0n) is 12.1. The number of hydrogen-bond acceptors (Lipinski definition) is 3. The van der Waals surface area contributed by atoms with Crippen LogP contribution in [0.2, 0.25) is 0 Å². The molecule has 1 aliphatic rings. The molecule has 0 spiro atoms. The molecule has 1 saturated carbocycles. The van der Waals surface area contributed by atoms with Crippen molar-refractivity contribution in [2.24, 2.45) is 0 Å². The Morgan fingerprint density at radius 2 is 1.73 bits per heavy atom. The van der Waals surface area contributed by atoms with Crippen LogP contribution in [0.25, 0.3) is 0 Å². The Bertz CT molecular complexity index is 611. The number of nitrogens with zero attached hydrogens (tertiary/aromatic N) is 1. The molecule has 8 heteroatoms. The summed E-state index contributed by atoms with van der Waals surface area (Å²) < 4.78 is 25.7. The van der Waals surface area contributed by atoms with Crippen molar-refractivity contribution < 1.29 is 8.42 Å². The molecule has 1 fully saturated rings. The topological polar surface area (TPSA) is 37.4 Å². The van der Waals surface area contributed by atoms with E-state index >= 15 is 0 Å². The lowest BCUT2D eigenvalue weighted by atomic mass is 9.96. The van der Waals surface area contributed by atoms with Gasteiger partial charge >= 0.3 is 0 Å². The number of alkyl halides is 3. The van der Waals surface area contributed by atoms with Gasteiger partial charge in [0, 0.05) is 6.04 Å². The Hall–Kier alpha value is 0.350. The fourth-order valence-electron chi connectivity index (χ4n) is 2.66. The molecular formula is C14H18Cl3NO2S2. The van der Waals surface area contributed by atoms with Crippen molar-refractivity contribution in [3.8, 4) is 0 Å². The highest BCUT2D eigenvalue weighted by Gasteiger charge is 2.39. The Balaban J connectivity index is 2.40. The number of halogens is 3. The first-order valence-corrected chi connectivity index (χ1v) is 10.4. The van der Waals surface area contributed by atoms with E-state index in [9.17, 15) is 8.42 Å². The molecule has 0 radical (unpaired) electrons. The van der Waals surface area contributed by atoms with E-state index in [0.717, 1.165) is 44.1 Å². The van der Waals surface area contributed by atoms with Crippen molar-refractivity contribution >= 4 is 56.8 Å². The minimum atomic E-state index is -3.72. The molecule has 124 valence electrons. The second-order valence-corrected chi connectivity index (χ2v) is 11.5. The number of benzene rings is 1. The molecule has 2 rings (SSSR count). The lowest BCUT2D eigenvalue weighted by molar-refractivity contribution is 0.345. The van der Waals surface area contributed by atoms with Crippen LogP contribution >= 0.6 is 46.8 Å². The van der Waals surface area contributed by atoms with Crippen LogP contribution in [0.1, 0.15) is 37.7 Å². The standard InChI is InChI=1S/C14H18Cl3NO2S2/c1-11-7-5-6-10-13(11)22(19,20)18(21-14(15,16)17)12-8-3-2-4-9-12/h5-7,10,12H,2-4,8-9H2,1H3. The summed E-state index contributed by atoms with van der Waals surface area (Å²) in [6.45, 7) is 1.77. The van der Waals surface area contributed by atoms with Gasteiger partial charge < -0.3 is 0 Å². The predicted octanol–water partition coefficient (Wildman–Crippen LogP) is 5.29. The van der Waals surface area contributed by atoms with Crippen LogP contribution < -0.4 is 0 Å². The molecule has 22 heavy (non-hydrogen) atoms. The van der Waals surface area contributed by atoms with E-state index in [1.165, 1.54) is 3.71 Å². The van der Waals surface area contributed by atoms with Crippen LogP contribution in [-0.2, 0) is 10.0 Å². The summed E-state index contributed by atoms with van der Waals surface area (Å²) in [7, 11) is -3.72. The zero-order valence-corrected chi connectivity index (χ0v) is 16.0. The monoisotopic (exact) mass is 401 g/mol. The van der Waals surface area contributed by atoms with E-state index in [2.05, 4.69) is 0 Å². The molecule has 1 aromatic rings. The van der Waals surface area contributed by atoms with E-state index in [0.29, 0.717) is 5.56 Å². The number of rotatable bonds is 4. The minimum absolute atomic E-state index is 0.140. The maximum absolute atomic E-state index is 13.1. The second kappa shape index (κ2) is 7.49. The summed E-state index contributed by atoms with van der Waals surface area (Å²) in [5.41, 5.74) is 0.688. The summed E-state index contributed by atoms with van der Waals surface area (Å²) in [6, 6.07) is 6.74. The van der Waals surface area contributed by atoms with Crippen molar-refractivity contribution in [1.82, 2.24) is 3.71 Å². The lowest BCUT2D eigenvalue weighted by Gasteiger charge is -2.34. The average molecular weight is 403 g/mol. The summed E-state index contributed by atoms with van der Waals surface area (Å²) in [5.74, 6) is 0. The van der Waals surface area contributed by atoms with E-state index in [-0.39, 0.29) is 10.9 Å². The SMILES string of the molecule is Cc1ccccc1S(=O)(=O)N(SC(Cl)(Cl)Cl)C1CCCCC1. The Kier molecular flexibility index (Phi) is 6.36.